The normalized spacial score (nSPS) is 10.5. The molecule has 4 nitrogen and oxygen atoms in total. The number of para-hydroxylation sites is 2. The van der Waals surface area contributed by atoms with Crippen molar-refractivity contribution < 1.29 is 13.9 Å². The van der Waals surface area contributed by atoms with Crippen LogP contribution < -0.4 is 10.1 Å². The van der Waals surface area contributed by atoms with E-state index < -0.39 is 5.82 Å². The summed E-state index contributed by atoms with van der Waals surface area (Å²) < 4.78 is 18.5. The van der Waals surface area contributed by atoms with Crippen molar-refractivity contribution in [3.8, 4) is 5.75 Å². The van der Waals surface area contributed by atoms with Gasteiger partial charge in [0.2, 0.25) is 0 Å². The number of carbonyl (C=O) groups is 1. The minimum atomic E-state index is -0.489. The number of aromatic nitrogens is 1. The van der Waals surface area contributed by atoms with E-state index in [0.717, 1.165) is 16.6 Å². The molecule has 0 saturated carbocycles. The standard InChI is InChI=1S/C18H15FN2O2/c19-15-6-2-4-8-17(15)23-12-18(22)20-11-14-10-9-13-5-1-3-7-16(13)21-14/h1-10H,11-12H2,(H,20,22). The van der Waals surface area contributed by atoms with Crippen molar-refractivity contribution in [1.29, 1.82) is 0 Å². The van der Waals surface area contributed by atoms with Crippen LogP contribution in [-0.2, 0) is 11.3 Å². The zero-order chi connectivity index (χ0) is 16.1. The number of fused-ring (bicyclic) bond motifs is 1. The lowest BCUT2D eigenvalue weighted by Gasteiger charge is -2.08. The van der Waals surface area contributed by atoms with Crippen molar-refractivity contribution >= 4 is 16.8 Å². The van der Waals surface area contributed by atoms with Crippen LogP contribution in [0.3, 0.4) is 0 Å². The molecule has 1 amide bonds. The maximum Gasteiger partial charge on any atom is 0.258 e. The second-order valence-electron chi connectivity index (χ2n) is 4.99. The van der Waals surface area contributed by atoms with Gasteiger partial charge in [-0.1, -0.05) is 36.4 Å². The molecule has 1 N–H and O–H groups in total. The summed E-state index contributed by atoms with van der Waals surface area (Å²) in [5.41, 5.74) is 1.63. The Balaban J connectivity index is 1.54. The second-order valence-corrected chi connectivity index (χ2v) is 4.99. The van der Waals surface area contributed by atoms with E-state index in [1.807, 2.05) is 36.4 Å². The van der Waals surface area contributed by atoms with Crippen molar-refractivity contribution in [3.05, 3.63) is 72.2 Å². The summed E-state index contributed by atoms with van der Waals surface area (Å²) >= 11 is 0. The van der Waals surface area contributed by atoms with E-state index in [-0.39, 0.29) is 18.3 Å². The summed E-state index contributed by atoms with van der Waals surface area (Å²) in [6, 6.07) is 17.6. The van der Waals surface area contributed by atoms with Gasteiger partial charge in [-0.25, -0.2) is 4.39 Å². The molecular formula is C18H15FN2O2. The monoisotopic (exact) mass is 310 g/mol. The third kappa shape index (κ3) is 3.83. The minimum absolute atomic E-state index is 0.0616. The fourth-order valence-electron chi connectivity index (χ4n) is 2.15. The molecule has 23 heavy (non-hydrogen) atoms. The summed E-state index contributed by atoms with van der Waals surface area (Å²) in [7, 11) is 0. The fraction of sp³-hybridized carbons (Fsp3) is 0.111. The molecule has 0 aliphatic heterocycles. The van der Waals surface area contributed by atoms with E-state index in [4.69, 9.17) is 4.74 Å². The van der Waals surface area contributed by atoms with Crippen molar-refractivity contribution in [2.24, 2.45) is 0 Å². The highest BCUT2D eigenvalue weighted by Crippen LogP contribution is 2.15. The lowest BCUT2D eigenvalue weighted by molar-refractivity contribution is -0.123. The van der Waals surface area contributed by atoms with Gasteiger partial charge in [0.25, 0.3) is 5.91 Å². The topological polar surface area (TPSA) is 51.2 Å². The minimum Gasteiger partial charge on any atom is -0.481 e. The van der Waals surface area contributed by atoms with Crippen LogP contribution in [0.25, 0.3) is 10.9 Å². The number of carbonyl (C=O) groups excluding carboxylic acids is 1. The first-order valence-electron chi connectivity index (χ1n) is 7.21. The van der Waals surface area contributed by atoms with Gasteiger partial charge >= 0.3 is 0 Å². The first-order chi connectivity index (χ1) is 11.2. The number of amides is 1. The molecule has 0 fully saturated rings. The number of nitrogens with zero attached hydrogens (tertiary/aromatic N) is 1. The van der Waals surface area contributed by atoms with Crippen LogP contribution >= 0.6 is 0 Å². The Morgan fingerprint density at radius 2 is 1.83 bits per heavy atom. The first kappa shape index (κ1) is 15.0. The Morgan fingerprint density at radius 1 is 1.04 bits per heavy atom. The van der Waals surface area contributed by atoms with Crippen LogP contribution in [0.4, 0.5) is 4.39 Å². The maximum atomic E-state index is 13.4. The number of nitrogens with one attached hydrogen (secondary N) is 1. The zero-order valence-electron chi connectivity index (χ0n) is 12.3. The van der Waals surface area contributed by atoms with Crippen LogP contribution in [-0.4, -0.2) is 17.5 Å². The van der Waals surface area contributed by atoms with Gasteiger partial charge in [0.1, 0.15) is 0 Å². The molecule has 2 aromatic carbocycles. The molecule has 5 heteroatoms. The Morgan fingerprint density at radius 3 is 2.70 bits per heavy atom. The van der Waals surface area contributed by atoms with E-state index in [0.29, 0.717) is 6.54 Å². The van der Waals surface area contributed by atoms with E-state index >= 15 is 0 Å². The molecule has 0 spiro atoms. The quantitative estimate of drug-likeness (QED) is 0.788. The Labute approximate surface area is 132 Å². The molecule has 0 aliphatic carbocycles. The Kier molecular flexibility index (Phi) is 4.47. The van der Waals surface area contributed by atoms with E-state index in [2.05, 4.69) is 10.3 Å². The van der Waals surface area contributed by atoms with E-state index in [1.54, 1.807) is 12.1 Å². The molecule has 0 atom stereocenters. The SMILES string of the molecule is O=C(COc1ccccc1F)NCc1ccc2ccccc2n1. The molecule has 0 unspecified atom stereocenters. The van der Waals surface area contributed by atoms with E-state index in [9.17, 15) is 9.18 Å². The van der Waals surface area contributed by atoms with Crippen molar-refractivity contribution in [2.45, 2.75) is 6.54 Å². The molecular weight excluding hydrogens is 295 g/mol. The van der Waals surface area contributed by atoms with Crippen molar-refractivity contribution in [2.75, 3.05) is 6.61 Å². The number of hydrogen-bond acceptors (Lipinski definition) is 3. The van der Waals surface area contributed by atoms with Gasteiger partial charge in [-0.3, -0.25) is 9.78 Å². The Hall–Kier alpha value is -2.95. The predicted octanol–water partition coefficient (Wildman–Crippen LogP) is 3.07. The highest BCUT2D eigenvalue weighted by molar-refractivity contribution is 5.79. The van der Waals surface area contributed by atoms with Gasteiger partial charge in [-0.15, -0.1) is 0 Å². The van der Waals surface area contributed by atoms with Gasteiger partial charge in [0, 0.05) is 5.39 Å². The van der Waals surface area contributed by atoms with E-state index in [1.165, 1.54) is 12.1 Å². The maximum absolute atomic E-state index is 13.4. The largest absolute Gasteiger partial charge is 0.481 e. The molecule has 0 radical (unpaired) electrons. The number of pyridine rings is 1. The smallest absolute Gasteiger partial charge is 0.258 e. The third-order valence-corrected chi connectivity index (χ3v) is 3.32. The van der Waals surface area contributed by atoms with Crippen LogP contribution in [0, 0.1) is 5.82 Å². The van der Waals surface area contributed by atoms with Gasteiger partial charge in [-0.05, 0) is 24.3 Å². The predicted molar refractivity (Wildman–Crippen MR) is 85.5 cm³/mol. The highest BCUT2D eigenvalue weighted by Gasteiger charge is 2.06. The average Bonchev–Trinajstić information content (AvgIpc) is 2.59. The summed E-state index contributed by atoms with van der Waals surface area (Å²) in [5, 5.41) is 3.75. The second kappa shape index (κ2) is 6.87. The molecule has 0 bridgehead atoms. The molecule has 1 heterocycles. The molecule has 0 aliphatic rings. The number of hydrogen-bond donors (Lipinski definition) is 1. The van der Waals surface area contributed by atoms with Crippen LogP contribution in [0.1, 0.15) is 5.69 Å². The molecule has 116 valence electrons. The summed E-state index contributed by atoms with van der Waals surface area (Å²) in [4.78, 5) is 16.2. The van der Waals surface area contributed by atoms with Crippen LogP contribution in [0.15, 0.2) is 60.7 Å². The fourth-order valence-corrected chi connectivity index (χ4v) is 2.15. The lowest BCUT2D eigenvalue weighted by Crippen LogP contribution is -2.28. The van der Waals surface area contributed by atoms with Gasteiger partial charge in [0.05, 0.1) is 17.8 Å². The molecule has 3 aromatic rings. The number of halogens is 1. The van der Waals surface area contributed by atoms with Crippen molar-refractivity contribution in [1.82, 2.24) is 10.3 Å². The van der Waals surface area contributed by atoms with Crippen LogP contribution in [0.2, 0.25) is 0 Å². The summed E-state index contributed by atoms with van der Waals surface area (Å²) in [6.45, 7) is 0.0544. The molecule has 0 saturated heterocycles. The van der Waals surface area contributed by atoms with Crippen molar-refractivity contribution in [3.63, 3.8) is 0 Å². The van der Waals surface area contributed by atoms with Gasteiger partial charge in [0.15, 0.2) is 18.2 Å². The average molecular weight is 310 g/mol. The third-order valence-electron chi connectivity index (χ3n) is 3.32. The lowest BCUT2D eigenvalue weighted by atomic mass is 10.2. The van der Waals surface area contributed by atoms with Crippen LogP contribution in [0.5, 0.6) is 5.75 Å². The molecule has 3 rings (SSSR count). The summed E-state index contributed by atoms with van der Waals surface area (Å²) in [5.74, 6) is -0.758. The van der Waals surface area contributed by atoms with Gasteiger partial charge < -0.3 is 10.1 Å². The first-order valence-corrected chi connectivity index (χ1v) is 7.21. The number of benzene rings is 2. The van der Waals surface area contributed by atoms with Gasteiger partial charge in [-0.2, -0.15) is 0 Å². The summed E-state index contributed by atoms with van der Waals surface area (Å²) in [6.07, 6.45) is 0. The Bertz CT molecular complexity index is 836. The number of rotatable bonds is 5. The zero-order valence-corrected chi connectivity index (χ0v) is 12.3. The highest BCUT2D eigenvalue weighted by atomic mass is 19.1. The number of ether oxygens (including phenoxy) is 1. The molecule has 1 aromatic heterocycles.